The van der Waals surface area contributed by atoms with Gasteiger partial charge in [-0.2, -0.15) is 0 Å². The Balaban J connectivity index is 1.43. The maximum absolute atomic E-state index is 6.62. The maximum atomic E-state index is 6.62. The number of allylic oxidation sites excluding steroid dienone is 2. The van der Waals surface area contributed by atoms with Gasteiger partial charge in [-0.3, -0.25) is 0 Å². The van der Waals surface area contributed by atoms with Gasteiger partial charge in [-0.1, -0.05) is 84.9 Å². The smallest absolute Gasteiger partial charge is 0.0641 e. The van der Waals surface area contributed by atoms with Crippen LogP contribution < -0.4 is 5.73 Å². The Bertz CT molecular complexity index is 2190. The van der Waals surface area contributed by atoms with E-state index < -0.39 is 0 Å². The first-order valence-corrected chi connectivity index (χ1v) is 14.0. The highest BCUT2D eigenvalue weighted by Crippen LogP contribution is 2.41. The summed E-state index contributed by atoms with van der Waals surface area (Å²) in [4.78, 5) is 2.10. The number of para-hydroxylation sites is 3. The second kappa shape index (κ2) is 9.32. The van der Waals surface area contributed by atoms with Crippen molar-refractivity contribution in [2.75, 3.05) is 6.54 Å². The van der Waals surface area contributed by atoms with Gasteiger partial charge in [0, 0.05) is 57.4 Å². The molecule has 0 radical (unpaired) electrons. The van der Waals surface area contributed by atoms with Crippen LogP contribution in [0.5, 0.6) is 0 Å². The lowest BCUT2D eigenvalue weighted by molar-refractivity contribution is 0.561. The molecule has 0 amide bonds. The van der Waals surface area contributed by atoms with Crippen molar-refractivity contribution >= 4 is 49.3 Å². The Hall–Kier alpha value is -5.48. The molecule has 41 heavy (non-hydrogen) atoms. The first-order chi connectivity index (χ1) is 20.3. The molecule has 0 atom stereocenters. The summed E-state index contributed by atoms with van der Waals surface area (Å²) in [5, 5.41) is 4.99. The van der Waals surface area contributed by atoms with E-state index in [4.69, 9.17) is 5.73 Å². The average Bonchev–Trinajstić information content (AvgIpc) is 3.55. The van der Waals surface area contributed by atoms with Gasteiger partial charge >= 0.3 is 0 Å². The monoisotopic (exact) mass is 528 g/mol. The van der Waals surface area contributed by atoms with E-state index in [-0.39, 0.29) is 0 Å². The van der Waals surface area contributed by atoms with Gasteiger partial charge in [0.15, 0.2) is 0 Å². The SMILES string of the molecule is N/C(=C\N1C=CC=CC1)c1cccc(-n2c3ccccc3c3c2ccc2c4ccccc4n(-c4ccccc4)c23)c1. The van der Waals surface area contributed by atoms with Crippen molar-refractivity contribution in [2.45, 2.75) is 0 Å². The van der Waals surface area contributed by atoms with Crippen LogP contribution in [0.4, 0.5) is 0 Å². The highest BCUT2D eigenvalue weighted by Gasteiger charge is 2.20. The summed E-state index contributed by atoms with van der Waals surface area (Å²) in [6.07, 6.45) is 10.2. The molecule has 0 aliphatic carbocycles. The molecule has 3 heterocycles. The zero-order valence-electron chi connectivity index (χ0n) is 22.5. The second-order valence-electron chi connectivity index (χ2n) is 10.5. The maximum Gasteiger partial charge on any atom is 0.0641 e. The van der Waals surface area contributed by atoms with Crippen LogP contribution in [0.2, 0.25) is 0 Å². The van der Waals surface area contributed by atoms with Gasteiger partial charge < -0.3 is 19.8 Å². The first-order valence-electron chi connectivity index (χ1n) is 14.0. The van der Waals surface area contributed by atoms with Gasteiger partial charge in [-0.15, -0.1) is 0 Å². The molecule has 0 unspecified atom stereocenters. The predicted octanol–water partition coefficient (Wildman–Crippen LogP) is 8.52. The first kappa shape index (κ1) is 23.4. The van der Waals surface area contributed by atoms with E-state index in [0.717, 1.165) is 29.2 Å². The van der Waals surface area contributed by atoms with Gasteiger partial charge in [0.1, 0.15) is 0 Å². The lowest BCUT2D eigenvalue weighted by atomic mass is 10.1. The number of hydrogen-bond acceptors (Lipinski definition) is 2. The van der Waals surface area contributed by atoms with Crippen molar-refractivity contribution in [3.05, 3.63) is 151 Å². The van der Waals surface area contributed by atoms with Gasteiger partial charge in [-0.05, 0) is 48.5 Å². The van der Waals surface area contributed by atoms with Crippen LogP contribution in [0.25, 0.3) is 60.7 Å². The van der Waals surface area contributed by atoms with Crippen molar-refractivity contribution in [3.8, 4) is 11.4 Å². The molecule has 2 aromatic heterocycles. The fourth-order valence-electron chi connectivity index (χ4n) is 6.29. The van der Waals surface area contributed by atoms with E-state index in [1.807, 2.05) is 18.5 Å². The third-order valence-corrected chi connectivity index (χ3v) is 8.07. The molecule has 1 aliphatic rings. The van der Waals surface area contributed by atoms with E-state index in [1.165, 1.54) is 43.6 Å². The van der Waals surface area contributed by atoms with Crippen molar-refractivity contribution in [3.63, 3.8) is 0 Å². The number of nitrogens with two attached hydrogens (primary N) is 1. The van der Waals surface area contributed by atoms with Crippen molar-refractivity contribution in [1.29, 1.82) is 0 Å². The molecule has 4 nitrogen and oxygen atoms in total. The summed E-state index contributed by atoms with van der Waals surface area (Å²) in [7, 11) is 0. The fraction of sp³-hybridized carbons (Fsp3) is 0.0270. The highest BCUT2D eigenvalue weighted by molar-refractivity contribution is 6.26. The topological polar surface area (TPSA) is 39.1 Å². The van der Waals surface area contributed by atoms with Crippen molar-refractivity contribution < 1.29 is 0 Å². The normalized spacial score (nSPS) is 13.8. The highest BCUT2D eigenvalue weighted by atomic mass is 15.1. The summed E-state index contributed by atoms with van der Waals surface area (Å²) in [5.74, 6) is 0. The number of benzene rings is 5. The largest absolute Gasteiger partial charge is 0.397 e. The molecule has 0 spiro atoms. The molecule has 7 aromatic rings. The number of hydrogen-bond donors (Lipinski definition) is 1. The summed E-state index contributed by atoms with van der Waals surface area (Å²) in [6, 6.07) is 41.2. The average molecular weight is 529 g/mol. The predicted molar refractivity (Wildman–Crippen MR) is 172 cm³/mol. The molecular formula is C37H28N4. The van der Waals surface area contributed by atoms with Gasteiger partial charge in [-0.25, -0.2) is 0 Å². The van der Waals surface area contributed by atoms with Crippen LogP contribution in [0, 0.1) is 0 Å². The minimum Gasteiger partial charge on any atom is -0.397 e. The number of nitrogens with zero attached hydrogens (tertiary/aromatic N) is 3. The quantitative estimate of drug-likeness (QED) is 0.249. The van der Waals surface area contributed by atoms with Gasteiger partial charge in [0.2, 0.25) is 0 Å². The zero-order valence-corrected chi connectivity index (χ0v) is 22.5. The Labute approximate surface area is 238 Å². The molecule has 196 valence electrons. The zero-order chi connectivity index (χ0) is 27.3. The summed E-state index contributed by atoms with van der Waals surface area (Å²) in [6.45, 7) is 0.815. The Morgan fingerprint density at radius 3 is 2.15 bits per heavy atom. The van der Waals surface area contributed by atoms with Crippen LogP contribution >= 0.6 is 0 Å². The molecule has 0 saturated carbocycles. The van der Waals surface area contributed by atoms with Crippen LogP contribution in [0.3, 0.4) is 0 Å². The van der Waals surface area contributed by atoms with E-state index in [1.54, 1.807) is 0 Å². The minimum absolute atomic E-state index is 0.735. The van der Waals surface area contributed by atoms with Gasteiger partial charge in [0.25, 0.3) is 0 Å². The Morgan fingerprint density at radius 2 is 1.34 bits per heavy atom. The van der Waals surface area contributed by atoms with Crippen molar-refractivity contribution in [2.24, 2.45) is 5.73 Å². The third-order valence-electron chi connectivity index (χ3n) is 8.07. The molecule has 0 bridgehead atoms. The van der Waals surface area contributed by atoms with E-state index in [2.05, 4.69) is 141 Å². The third kappa shape index (κ3) is 3.69. The van der Waals surface area contributed by atoms with Crippen molar-refractivity contribution in [1.82, 2.24) is 14.0 Å². The van der Waals surface area contributed by atoms with E-state index in [0.29, 0.717) is 0 Å². The standard InChI is InChI=1S/C37H28N4/c38-32(25-39-22-9-2-10-23-39)26-12-11-15-28(24-26)40-34-19-8-6-17-31(34)36-35(40)21-20-30-29-16-5-7-18-33(29)41(37(30)36)27-13-3-1-4-14-27/h1-22,24-25H,23,38H2/b32-25-. The van der Waals surface area contributed by atoms with Crippen LogP contribution in [-0.4, -0.2) is 20.6 Å². The van der Waals surface area contributed by atoms with E-state index in [9.17, 15) is 0 Å². The lowest BCUT2D eigenvalue weighted by Gasteiger charge is -2.17. The molecule has 1 aliphatic heterocycles. The Kier molecular flexibility index (Phi) is 5.32. The molecule has 0 fully saturated rings. The Morgan fingerprint density at radius 1 is 0.610 bits per heavy atom. The van der Waals surface area contributed by atoms with Crippen LogP contribution in [0.15, 0.2) is 146 Å². The molecular weight excluding hydrogens is 500 g/mol. The van der Waals surface area contributed by atoms with Crippen LogP contribution in [-0.2, 0) is 0 Å². The summed E-state index contributed by atoms with van der Waals surface area (Å²) < 4.78 is 4.79. The molecule has 4 heteroatoms. The number of rotatable bonds is 4. The van der Waals surface area contributed by atoms with Gasteiger partial charge in [0.05, 0.1) is 27.8 Å². The number of aromatic nitrogens is 2. The minimum atomic E-state index is 0.735. The molecule has 5 aromatic carbocycles. The number of fused-ring (bicyclic) bond motifs is 7. The summed E-state index contributed by atoms with van der Waals surface area (Å²) in [5.41, 5.74) is 15.4. The molecule has 8 rings (SSSR count). The fourth-order valence-corrected chi connectivity index (χ4v) is 6.29. The molecule has 0 saturated heterocycles. The van der Waals surface area contributed by atoms with Crippen LogP contribution in [0.1, 0.15) is 5.56 Å². The molecule has 2 N–H and O–H groups in total. The van der Waals surface area contributed by atoms with E-state index >= 15 is 0 Å². The summed E-state index contributed by atoms with van der Waals surface area (Å²) >= 11 is 0. The second-order valence-corrected chi connectivity index (χ2v) is 10.5. The lowest BCUT2D eigenvalue weighted by Crippen LogP contribution is -2.14.